The summed E-state index contributed by atoms with van der Waals surface area (Å²) in [5.74, 6) is 1.89. The van der Waals surface area contributed by atoms with Gasteiger partial charge in [0, 0.05) is 10.2 Å². The van der Waals surface area contributed by atoms with Crippen molar-refractivity contribution in [3.63, 3.8) is 0 Å². The molecule has 3 nitrogen and oxygen atoms in total. The number of hydrogen-bond acceptors (Lipinski definition) is 2. The Morgan fingerprint density at radius 3 is 2.76 bits per heavy atom. The van der Waals surface area contributed by atoms with Crippen LogP contribution in [0.3, 0.4) is 0 Å². The Kier molecular flexibility index (Phi) is 3.91. The van der Waals surface area contributed by atoms with Crippen molar-refractivity contribution in [2.75, 3.05) is 7.11 Å². The molecule has 0 bridgehead atoms. The Bertz CT molecular complexity index is 793. The highest BCUT2D eigenvalue weighted by Crippen LogP contribution is 2.30. The van der Waals surface area contributed by atoms with Gasteiger partial charge in [-0.1, -0.05) is 22.0 Å². The number of halogens is 2. The van der Waals surface area contributed by atoms with Crippen LogP contribution in [0.25, 0.3) is 16.7 Å². The summed E-state index contributed by atoms with van der Waals surface area (Å²) in [7, 11) is 1.65. The van der Waals surface area contributed by atoms with Gasteiger partial charge in [-0.15, -0.1) is 11.6 Å². The average Bonchev–Trinajstić information content (AvgIpc) is 2.84. The van der Waals surface area contributed by atoms with Crippen LogP contribution in [0.1, 0.15) is 11.4 Å². The van der Waals surface area contributed by atoms with Gasteiger partial charge < -0.3 is 4.74 Å². The van der Waals surface area contributed by atoms with Crippen molar-refractivity contribution in [2.24, 2.45) is 0 Å². The number of nitrogens with zero attached hydrogens (tertiary/aromatic N) is 2. The Labute approximate surface area is 136 Å². The zero-order valence-electron chi connectivity index (χ0n) is 11.7. The van der Waals surface area contributed by atoms with E-state index in [0.717, 1.165) is 32.8 Å². The van der Waals surface area contributed by atoms with Crippen molar-refractivity contribution in [1.82, 2.24) is 9.55 Å². The third-order valence-corrected chi connectivity index (χ3v) is 4.04. The molecule has 5 heteroatoms. The van der Waals surface area contributed by atoms with Crippen LogP contribution in [0.15, 0.2) is 40.9 Å². The number of methoxy groups -OCH3 is 1. The van der Waals surface area contributed by atoms with Crippen LogP contribution in [0.5, 0.6) is 5.75 Å². The Balaban J connectivity index is 2.35. The van der Waals surface area contributed by atoms with Gasteiger partial charge in [-0.3, -0.25) is 4.57 Å². The molecule has 0 aliphatic rings. The van der Waals surface area contributed by atoms with Crippen LogP contribution in [-0.4, -0.2) is 16.7 Å². The maximum Gasteiger partial charge on any atom is 0.146 e. The van der Waals surface area contributed by atoms with Crippen LogP contribution < -0.4 is 4.74 Å². The van der Waals surface area contributed by atoms with Crippen molar-refractivity contribution >= 4 is 38.6 Å². The van der Waals surface area contributed by atoms with E-state index >= 15 is 0 Å². The molecule has 21 heavy (non-hydrogen) atoms. The minimum Gasteiger partial charge on any atom is -0.494 e. The van der Waals surface area contributed by atoms with E-state index in [4.69, 9.17) is 16.3 Å². The molecule has 0 fully saturated rings. The summed E-state index contributed by atoms with van der Waals surface area (Å²) >= 11 is 9.64. The lowest BCUT2D eigenvalue weighted by atomic mass is 10.2. The highest BCUT2D eigenvalue weighted by atomic mass is 79.9. The fraction of sp³-hybridized carbons (Fsp3) is 0.188. The van der Waals surface area contributed by atoms with Crippen LogP contribution >= 0.6 is 27.5 Å². The second kappa shape index (κ2) is 5.70. The summed E-state index contributed by atoms with van der Waals surface area (Å²) in [6, 6.07) is 12.1. The van der Waals surface area contributed by atoms with E-state index in [0.29, 0.717) is 5.88 Å². The zero-order valence-corrected chi connectivity index (χ0v) is 14.1. The number of para-hydroxylation sites is 1. The maximum atomic E-state index is 6.09. The molecule has 3 aromatic rings. The van der Waals surface area contributed by atoms with Gasteiger partial charge in [0.2, 0.25) is 0 Å². The number of rotatable bonds is 3. The van der Waals surface area contributed by atoms with Crippen molar-refractivity contribution < 1.29 is 4.74 Å². The molecule has 0 unspecified atom stereocenters. The Morgan fingerprint density at radius 2 is 2.10 bits per heavy atom. The van der Waals surface area contributed by atoms with E-state index in [9.17, 15) is 0 Å². The van der Waals surface area contributed by atoms with Gasteiger partial charge >= 0.3 is 0 Å². The number of imidazole rings is 1. The lowest BCUT2D eigenvalue weighted by Crippen LogP contribution is -1.99. The second-order valence-electron chi connectivity index (χ2n) is 4.81. The minimum absolute atomic E-state index is 0.337. The summed E-state index contributed by atoms with van der Waals surface area (Å²) in [6.45, 7) is 2.06. The van der Waals surface area contributed by atoms with Crippen molar-refractivity contribution in [2.45, 2.75) is 12.8 Å². The van der Waals surface area contributed by atoms with E-state index in [-0.39, 0.29) is 0 Å². The highest BCUT2D eigenvalue weighted by molar-refractivity contribution is 9.10. The number of ether oxygens (including phenoxy) is 1. The summed E-state index contributed by atoms with van der Waals surface area (Å²) in [5.41, 5.74) is 4.02. The zero-order chi connectivity index (χ0) is 15.0. The van der Waals surface area contributed by atoms with Gasteiger partial charge in [-0.2, -0.15) is 0 Å². The molecule has 0 spiro atoms. The molecule has 0 amide bonds. The summed E-state index contributed by atoms with van der Waals surface area (Å²) < 4.78 is 8.50. The molecule has 0 atom stereocenters. The first kappa shape index (κ1) is 14.4. The van der Waals surface area contributed by atoms with E-state index in [1.165, 1.54) is 5.56 Å². The Morgan fingerprint density at radius 1 is 1.29 bits per heavy atom. The highest BCUT2D eigenvalue weighted by Gasteiger charge is 2.15. The van der Waals surface area contributed by atoms with Gasteiger partial charge in [0.25, 0.3) is 0 Å². The van der Waals surface area contributed by atoms with Crippen LogP contribution in [0.2, 0.25) is 0 Å². The number of fused-ring (bicyclic) bond motifs is 1. The lowest BCUT2D eigenvalue weighted by molar-refractivity contribution is 0.419. The van der Waals surface area contributed by atoms with E-state index in [2.05, 4.69) is 50.6 Å². The van der Waals surface area contributed by atoms with Crippen molar-refractivity contribution in [1.29, 1.82) is 0 Å². The molecule has 108 valence electrons. The van der Waals surface area contributed by atoms with Gasteiger partial charge in [-0.05, 0) is 42.8 Å². The first-order chi connectivity index (χ1) is 10.1. The summed E-state index contributed by atoms with van der Waals surface area (Å²) in [6.07, 6.45) is 0. The van der Waals surface area contributed by atoms with Crippen molar-refractivity contribution in [3.8, 4) is 11.4 Å². The van der Waals surface area contributed by atoms with Gasteiger partial charge in [-0.25, -0.2) is 4.98 Å². The minimum atomic E-state index is 0.337. The van der Waals surface area contributed by atoms with Crippen LogP contribution in [0.4, 0.5) is 0 Å². The fourth-order valence-electron chi connectivity index (χ4n) is 2.51. The summed E-state index contributed by atoms with van der Waals surface area (Å²) in [5, 5.41) is 0. The lowest BCUT2D eigenvalue weighted by Gasteiger charge is -2.10. The predicted octanol–water partition coefficient (Wildman–Crippen LogP) is 4.84. The van der Waals surface area contributed by atoms with E-state index in [1.807, 2.05) is 18.2 Å². The SMILES string of the molecule is COc1cccc2c1nc(CCl)n2-c1cc(C)cc(Br)c1. The molecule has 1 heterocycles. The topological polar surface area (TPSA) is 27.1 Å². The monoisotopic (exact) mass is 364 g/mol. The summed E-state index contributed by atoms with van der Waals surface area (Å²) in [4.78, 5) is 4.63. The average molecular weight is 366 g/mol. The molecule has 0 saturated carbocycles. The normalized spacial score (nSPS) is 11.0. The molecule has 0 aliphatic heterocycles. The quantitative estimate of drug-likeness (QED) is 0.621. The molecule has 0 saturated heterocycles. The predicted molar refractivity (Wildman–Crippen MR) is 89.6 cm³/mol. The molecule has 2 aromatic carbocycles. The van der Waals surface area contributed by atoms with E-state index in [1.54, 1.807) is 7.11 Å². The number of hydrogen-bond donors (Lipinski definition) is 0. The number of alkyl halides is 1. The number of aromatic nitrogens is 2. The van der Waals surface area contributed by atoms with Gasteiger partial charge in [0.1, 0.15) is 17.1 Å². The number of aryl methyl sites for hydroxylation is 1. The standard InChI is InChI=1S/C16H14BrClN2O/c1-10-6-11(17)8-12(7-10)20-13-4-3-5-14(21-2)16(13)19-15(20)9-18/h3-8H,9H2,1-2H3. The molecule has 1 aromatic heterocycles. The van der Waals surface area contributed by atoms with Crippen LogP contribution in [-0.2, 0) is 5.88 Å². The molecule has 0 aliphatic carbocycles. The Hall–Kier alpha value is -1.52. The maximum absolute atomic E-state index is 6.09. The fourth-order valence-corrected chi connectivity index (χ4v) is 3.29. The number of benzene rings is 2. The smallest absolute Gasteiger partial charge is 0.146 e. The first-order valence-electron chi connectivity index (χ1n) is 6.52. The van der Waals surface area contributed by atoms with Gasteiger partial charge in [0.15, 0.2) is 0 Å². The van der Waals surface area contributed by atoms with E-state index < -0.39 is 0 Å². The first-order valence-corrected chi connectivity index (χ1v) is 7.84. The second-order valence-corrected chi connectivity index (χ2v) is 5.99. The molecular weight excluding hydrogens is 352 g/mol. The molecule has 0 radical (unpaired) electrons. The molecular formula is C16H14BrClN2O. The van der Waals surface area contributed by atoms with Gasteiger partial charge in [0.05, 0.1) is 18.5 Å². The van der Waals surface area contributed by atoms with Crippen molar-refractivity contribution in [3.05, 3.63) is 52.3 Å². The third-order valence-electron chi connectivity index (χ3n) is 3.34. The largest absolute Gasteiger partial charge is 0.494 e. The molecule has 0 N–H and O–H groups in total. The third kappa shape index (κ3) is 2.54. The molecule has 3 rings (SSSR count). The van der Waals surface area contributed by atoms with Crippen LogP contribution in [0, 0.1) is 6.92 Å².